The Balaban J connectivity index is 1.51. The van der Waals surface area contributed by atoms with Crippen molar-refractivity contribution in [2.45, 2.75) is 26.8 Å². The lowest BCUT2D eigenvalue weighted by Gasteiger charge is -2.30. The van der Waals surface area contributed by atoms with Gasteiger partial charge in [0.2, 0.25) is 5.95 Å². The summed E-state index contributed by atoms with van der Waals surface area (Å²) < 4.78 is 3.09. The van der Waals surface area contributed by atoms with Crippen molar-refractivity contribution in [2.75, 3.05) is 36.4 Å². The minimum Gasteiger partial charge on any atom is -0.368 e. The first-order valence-electron chi connectivity index (χ1n) is 10.5. The minimum atomic E-state index is 0.274. The van der Waals surface area contributed by atoms with Gasteiger partial charge < -0.3 is 20.1 Å². The van der Waals surface area contributed by atoms with Gasteiger partial charge in [-0.25, -0.2) is 19.9 Å². The van der Waals surface area contributed by atoms with Crippen molar-refractivity contribution < 1.29 is 0 Å². The number of aromatic nitrogens is 5. The summed E-state index contributed by atoms with van der Waals surface area (Å²) in [4.78, 5) is 20.9. The number of hydrogen-bond donors (Lipinski definition) is 2. The summed E-state index contributed by atoms with van der Waals surface area (Å²) in [5.41, 5.74) is 5.14. The first-order valence-corrected chi connectivity index (χ1v) is 11.3. The highest BCUT2D eigenvalue weighted by Crippen LogP contribution is 2.32. The molecule has 1 aliphatic heterocycles. The third-order valence-corrected chi connectivity index (χ3v) is 6.29. The zero-order chi connectivity index (χ0) is 21.5. The molecule has 2 N–H and O–H groups in total. The number of imidazole rings is 1. The molecule has 0 unspecified atom stereocenters. The van der Waals surface area contributed by atoms with Crippen LogP contribution in [0.15, 0.2) is 35.3 Å². The summed E-state index contributed by atoms with van der Waals surface area (Å²) in [5, 5.41) is 7.63. The van der Waals surface area contributed by atoms with Crippen molar-refractivity contribution in [1.82, 2.24) is 29.8 Å². The lowest BCUT2D eigenvalue weighted by molar-refractivity contribution is 0.588. The number of benzene rings is 1. The van der Waals surface area contributed by atoms with Gasteiger partial charge in [0, 0.05) is 48.3 Å². The van der Waals surface area contributed by atoms with Crippen LogP contribution < -0.4 is 15.5 Å². The van der Waals surface area contributed by atoms with Gasteiger partial charge >= 0.3 is 0 Å². The summed E-state index contributed by atoms with van der Waals surface area (Å²) in [6.45, 7) is 10.4. The predicted molar refractivity (Wildman–Crippen MR) is 128 cm³/mol. The van der Waals surface area contributed by atoms with Crippen molar-refractivity contribution in [1.29, 1.82) is 0 Å². The first-order chi connectivity index (χ1) is 15.0. The van der Waals surface area contributed by atoms with Gasteiger partial charge in [-0.2, -0.15) is 0 Å². The zero-order valence-electron chi connectivity index (χ0n) is 17.9. The number of aryl methyl sites for hydroxylation is 1. The molecule has 0 spiro atoms. The highest BCUT2D eigenvalue weighted by molar-refractivity contribution is 9.10. The van der Waals surface area contributed by atoms with Gasteiger partial charge in [0.15, 0.2) is 0 Å². The molecule has 1 saturated heterocycles. The van der Waals surface area contributed by atoms with Gasteiger partial charge in [0.05, 0.1) is 23.7 Å². The second-order valence-corrected chi connectivity index (χ2v) is 9.01. The van der Waals surface area contributed by atoms with Gasteiger partial charge in [0.25, 0.3) is 0 Å². The summed E-state index contributed by atoms with van der Waals surface area (Å²) in [6.07, 6.45) is 5.65. The predicted octanol–water partition coefficient (Wildman–Crippen LogP) is 4.18. The van der Waals surface area contributed by atoms with E-state index in [1.807, 2.05) is 24.8 Å². The van der Waals surface area contributed by atoms with Gasteiger partial charge in [-0.15, -0.1) is 0 Å². The van der Waals surface area contributed by atoms with Gasteiger partial charge in [-0.3, -0.25) is 0 Å². The topological polar surface area (TPSA) is 83.8 Å². The molecule has 5 rings (SSSR count). The van der Waals surface area contributed by atoms with Crippen LogP contribution in [0.4, 0.5) is 17.5 Å². The fourth-order valence-electron chi connectivity index (χ4n) is 4.08. The van der Waals surface area contributed by atoms with E-state index in [1.165, 1.54) is 11.3 Å². The number of pyridine rings is 1. The number of halogens is 1. The van der Waals surface area contributed by atoms with Gasteiger partial charge in [0.1, 0.15) is 16.9 Å². The molecule has 160 valence electrons. The zero-order valence-corrected chi connectivity index (χ0v) is 19.4. The van der Waals surface area contributed by atoms with Crippen LogP contribution in [0.3, 0.4) is 0 Å². The Kier molecular flexibility index (Phi) is 5.23. The standard InChI is InChI=1S/C22H25BrN8/c1-13(2)31-12-27-20-16(23)9-15-10-26-22(29-19(15)21(20)31)28-18-8-14(3)17(11-25-18)30-6-4-24-5-7-30/h8-13,24H,4-7H2,1-3H3,(H,25,26,28,29). The van der Waals surface area contributed by atoms with Crippen molar-refractivity contribution in [3.8, 4) is 0 Å². The SMILES string of the molecule is Cc1cc(Nc2ncc3cc(Br)c4ncn(C(C)C)c4c3n2)ncc1N1CCNCC1. The maximum absolute atomic E-state index is 4.83. The summed E-state index contributed by atoms with van der Waals surface area (Å²) in [7, 11) is 0. The molecule has 1 aromatic carbocycles. The Bertz CT molecular complexity index is 1260. The highest BCUT2D eigenvalue weighted by atomic mass is 79.9. The Labute approximate surface area is 189 Å². The van der Waals surface area contributed by atoms with Crippen LogP contribution in [-0.4, -0.2) is 50.7 Å². The first kappa shape index (κ1) is 20.1. The fourth-order valence-corrected chi connectivity index (χ4v) is 4.62. The average molecular weight is 481 g/mol. The largest absolute Gasteiger partial charge is 0.368 e. The van der Waals surface area contributed by atoms with E-state index >= 15 is 0 Å². The lowest BCUT2D eigenvalue weighted by Crippen LogP contribution is -2.43. The third-order valence-electron chi connectivity index (χ3n) is 5.68. The highest BCUT2D eigenvalue weighted by Gasteiger charge is 2.16. The summed E-state index contributed by atoms with van der Waals surface area (Å²) in [5.74, 6) is 1.26. The number of nitrogens with zero attached hydrogens (tertiary/aromatic N) is 6. The lowest BCUT2D eigenvalue weighted by atomic mass is 10.2. The molecular formula is C22H25BrN8. The number of piperazine rings is 1. The molecule has 9 heteroatoms. The minimum absolute atomic E-state index is 0.274. The Hall–Kier alpha value is -2.78. The number of rotatable bonds is 4. The maximum atomic E-state index is 4.83. The quantitative estimate of drug-likeness (QED) is 0.453. The molecular weight excluding hydrogens is 456 g/mol. The monoisotopic (exact) mass is 480 g/mol. The molecule has 0 amide bonds. The smallest absolute Gasteiger partial charge is 0.228 e. The van der Waals surface area contributed by atoms with Crippen LogP contribution in [0.25, 0.3) is 21.9 Å². The van der Waals surface area contributed by atoms with E-state index in [9.17, 15) is 0 Å². The third kappa shape index (κ3) is 3.72. The van der Waals surface area contributed by atoms with E-state index in [0.717, 1.165) is 58.4 Å². The van der Waals surface area contributed by atoms with Crippen LogP contribution in [0.1, 0.15) is 25.5 Å². The molecule has 3 aromatic heterocycles. The second-order valence-electron chi connectivity index (χ2n) is 8.15. The molecule has 4 aromatic rings. The van der Waals surface area contributed by atoms with Crippen LogP contribution in [-0.2, 0) is 0 Å². The van der Waals surface area contributed by atoms with E-state index in [4.69, 9.17) is 4.98 Å². The van der Waals surface area contributed by atoms with Crippen molar-refractivity contribution in [3.05, 3.63) is 40.9 Å². The van der Waals surface area contributed by atoms with E-state index in [0.29, 0.717) is 5.95 Å². The molecule has 0 atom stereocenters. The van der Waals surface area contributed by atoms with Gasteiger partial charge in [-0.05, 0) is 54.4 Å². The number of anilines is 3. The number of nitrogens with one attached hydrogen (secondary N) is 2. The van der Waals surface area contributed by atoms with Crippen LogP contribution in [0.5, 0.6) is 0 Å². The van der Waals surface area contributed by atoms with E-state index in [1.54, 1.807) is 0 Å². The maximum Gasteiger partial charge on any atom is 0.228 e. The van der Waals surface area contributed by atoms with Crippen molar-refractivity contribution in [3.63, 3.8) is 0 Å². The van der Waals surface area contributed by atoms with Crippen LogP contribution in [0, 0.1) is 6.92 Å². The van der Waals surface area contributed by atoms with E-state index in [2.05, 4.69) is 77.8 Å². The molecule has 1 fully saturated rings. The van der Waals surface area contributed by atoms with Crippen molar-refractivity contribution in [2.24, 2.45) is 0 Å². The Morgan fingerprint density at radius 3 is 2.61 bits per heavy atom. The molecule has 0 aliphatic carbocycles. The average Bonchev–Trinajstić information content (AvgIpc) is 3.22. The fraction of sp³-hybridized carbons (Fsp3) is 0.364. The molecule has 4 heterocycles. The Morgan fingerprint density at radius 2 is 1.87 bits per heavy atom. The molecule has 0 saturated carbocycles. The molecule has 0 radical (unpaired) electrons. The molecule has 31 heavy (non-hydrogen) atoms. The van der Waals surface area contributed by atoms with Crippen LogP contribution >= 0.6 is 15.9 Å². The van der Waals surface area contributed by atoms with Gasteiger partial charge in [-0.1, -0.05) is 0 Å². The second kappa shape index (κ2) is 8.05. The molecule has 1 aliphatic rings. The molecule has 8 nitrogen and oxygen atoms in total. The number of fused-ring (bicyclic) bond motifs is 3. The van der Waals surface area contributed by atoms with Crippen LogP contribution in [0.2, 0.25) is 0 Å². The normalized spacial score (nSPS) is 14.7. The number of hydrogen-bond acceptors (Lipinski definition) is 7. The van der Waals surface area contributed by atoms with E-state index < -0.39 is 0 Å². The van der Waals surface area contributed by atoms with Crippen molar-refractivity contribution >= 4 is 55.3 Å². The summed E-state index contributed by atoms with van der Waals surface area (Å²) in [6, 6.07) is 4.35. The molecule has 0 bridgehead atoms. The Morgan fingerprint density at radius 1 is 1.06 bits per heavy atom. The summed E-state index contributed by atoms with van der Waals surface area (Å²) >= 11 is 3.64. The van der Waals surface area contributed by atoms with E-state index in [-0.39, 0.29) is 6.04 Å².